The molecule has 1 aromatic rings. The molecule has 3 atom stereocenters. The number of halogens is 1. The number of nitrogens with zero attached hydrogens (tertiary/aromatic N) is 1. The summed E-state index contributed by atoms with van der Waals surface area (Å²) in [4.78, 5) is 2.46. The van der Waals surface area contributed by atoms with Gasteiger partial charge in [0.05, 0.1) is 12.2 Å². The van der Waals surface area contributed by atoms with Crippen molar-refractivity contribution in [3.05, 3.63) is 34.3 Å². The standard InChI is InChI=1S/C15H23BrN2O/c1-11-9-18(10-12(2)19-11)7-6-15(17)13-4-3-5-14(16)8-13/h3-5,8,11-12,15H,6-7,9-10,17H2,1-2H3/t11-,12+,15?. The second-order valence-corrected chi connectivity index (χ2v) is 6.38. The lowest BCUT2D eigenvalue weighted by atomic mass is 10.0. The van der Waals surface area contributed by atoms with Gasteiger partial charge in [0.2, 0.25) is 0 Å². The van der Waals surface area contributed by atoms with E-state index >= 15 is 0 Å². The van der Waals surface area contributed by atoms with Crippen LogP contribution in [0.4, 0.5) is 0 Å². The highest BCUT2D eigenvalue weighted by Crippen LogP contribution is 2.20. The average Bonchev–Trinajstić information content (AvgIpc) is 2.35. The fourth-order valence-corrected chi connectivity index (χ4v) is 3.11. The third-order valence-electron chi connectivity index (χ3n) is 3.53. The van der Waals surface area contributed by atoms with Crippen LogP contribution in [0.5, 0.6) is 0 Å². The molecule has 1 aliphatic heterocycles. The van der Waals surface area contributed by atoms with Crippen molar-refractivity contribution in [2.24, 2.45) is 5.73 Å². The Balaban J connectivity index is 1.84. The van der Waals surface area contributed by atoms with Crippen molar-refractivity contribution in [3.8, 4) is 0 Å². The molecule has 106 valence electrons. The minimum absolute atomic E-state index is 0.103. The minimum atomic E-state index is 0.103. The molecule has 1 fully saturated rings. The first-order chi connectivity index (χ1) is 9.04. The summed E-state index contributed by atoms with van der Waals surface area (Å²) in [6.07, 6.45) is 1.63. The number of hydrogen-bond donors (Lipinski definition) is 1. The Morgan fingerprint density at radius 2 is 2.05 bits per heavy atom. The van der Waals surface area contributed by atoms with Crippen molar-refractivity contribution in [3.63, 3.8) is 0 Å². The van der Waals surface area contributed by atoms with E-state index in [9.17, 15) is 0 Å². The van der Waals surface area contributed by atoms with Crippen LogP contribution in [-0.4, -0.2) is 36.7 Å². The third kappa shape index (κ3) is 4.56. The first-order valence-corrected chi connectivity index (χ1v) is 7.72. The van der Waals surface area contributed by atoms with E-state index in [-0.39, 0.29) is 6.04 Å². The van der Waals surface area contributed by atoms with Gasteiger partial charge in [-0.2, -0.15) is 0 Å². The van der Waals surface area contributed by atoms with E-state index in [1.165, 1.54) is 5.56 Å². The maximum absolute atomic E-state index is 6.27. The van der Waals surface area contributed by atoms with Crippen molar-refractivity contribution in [2.75, 3.05) is 19.6 Å². The van der Waals surface area contributed by atoms with Gasteiger partial charge in [0, 0.05) is 30.1 Å². The molecule has 1 saturated heterocycles. The molecule has 2 N–H and O–H groups in total. The molecule has 3 nitrogen and oxygen atoms in total. The van der Waals surface area contributed by atoms with Crippen molar-refractivity contribution >= 4 is 15.9 Å². The zero-order valence-corrected chi connectivity index (χ0v) is 13.3. The van der Waals surface area contributed by atoms with Gasteiger partial charge in [0.1, 0.15) is 0 Å². The van der Waals surface area contributed by atoms with E-state index in [0.29, 0.717) is 12.2 Å². The van der Waals surface area contributed by atoms with Crippen LogP contribution < -0.4 is 5.73 Å². The van der Waals surface area contributed by atoms with Gasteiger partial charge in [0.15, 0.2) is 0 Å². The summed E-state index contributed by atoms with van der Waals surface area (Å²) in [5, 5.41) is 0. The van der Waals surface area contributed by atoms with Gasteiger partial charge in [-0.3, -0.25) is 4.90 Å². The zero-order valence-electron chi connectivity index (χ0n) is 11.7. The van der Waals surface area contributed by atoms with Crippen molar-refractivity contribution in [1.29, 1.82) is 0 Å². The summed E-state index contributed by atoms with van der Waals surface area (Å²) in [7, 11) is 0. The summed E-state index contributed by atoms with van der Waals surface area (Å²) in [6, 6.07) is 8.38. The molecule has 1 aromatic carbocycles. The Morgan fingerprint density at radius 3 is 2.68 bits per heavy atom. The van der Waals surface area contributed by atoms with E-state index in [1.54, 1.807) is 0 Å². The number of hydrogen-bond acceptors (Lipinski definition) is 3. The Kier molecular flexibility index (Phi) is 5.39. The third-order valence-corrected chi connectivity index (χ3v) is 4.02. The first-order valence-electron chi connectivity index (χ1n) is 6.93. The van der Waals surface area contributed by atoms with Crippen LogP contribution in [0, 0.1) is 0 Å². The van der Waals surface area contributed by atoms with E-state index in [0.717, 1.165) is 30.5 Å². The fraction of sp³-hybridized carbons (Fsp3) is 0.600. The summed E-state index contributed by atoms with van der Waals surface area (Å²) < 4.78 is 6.84. The molecule has 2 rings (SSSR count). The van der Waals surface area contributed by atoms with Crippen LogP contribution in [-0.2, 0) is 4.74 Å². The van der Waals surface area contributed by atoms with Crippen molar-refractivity contribution in [2.45, 2.75) is 38.5 Å². The number of morpholine rings is 1. The zero-order chi connectivity index (χ0) is 13.8. The highest BCUT2D eigenvalue weighted by Gasteiger charge is 2.22. The Hall–Kier alpha value is -0.420. The number of nitrogens with two attached hydrogens (primary N) is 1. The van der Waals surface area contributed by atoms with E-state index in [1.807, 2.05) is 12.1 Å². The molecular formula is C15H23BrN2O. The summed E-state index contributed by atoms with van der Waals surface area (Å²) in [5.74, 6) is 0. The Bertz CT molecular complexity index is 403. The summed E-state index contributed by atoms with van der Waals surface area (Å²) in [5.41, 5.74) is 7.47. The predicted molar refractivity (Wildman–Crippen MR) is 82.1 cm³/mol. The SMILES string of the molecule is C[C@@H]1CN(CCC(N)c2cccc(Br)c2)C[C@H](C)O1. The maximum Gasteiger partial charge on any atom is 0.0678 e. The van der Waals surface area contributed by atoms with Gasteiger partial charge < -0.3 is 10.5 Å². The normalized spacial score (nSPS) is 26.3. The van der Waals surface area contributed by atoms with Gasteiger partial charge in [-0.05, 0) is 38.0 Å². The van der Waals surface area contributed by atoms with Crippen LogP contribution >= 0.6 is 15.9 Å². The molecule has 1 heterocycles. The Labute approximate surface area is 124 Å². The topological polar surface area (TPSA) is 38.5 Å². The molecule has 0 aromatic heterocycles. The van der Waals surface area contributed by atoms with Crippen LogP contribution in [0.15, 0.2) is 28.7 Å². The predicted octanol–water partition coefficient (Wildman–Crippen LogP) is 2.95. The van der Waals surface area contributed by atoms with Crippen LogP contribution in [0.25, 0.3) is 0 Å². The molecule has 0 saturated carbocycles. The second kappa shape index (κ2) is 6.84. The molecule has 4 heteroatoms. The Morgan fingerprint density at radius 1 is 1.37 bits per heavy atom. The maximum atomic E-state index is 6.27. The summed E-state index contributed by atoms with van der Waals surface area (Å²) >= 11 is 3.49. The number of benzene rings is 1. The molecule has 0 radical (unpaired) electrons. The molecule has 0 amide bonds. The summed E-state index contributed by atoms with van der Waals surface area (Å²) in [6.45, 7) is 7.32. The first kappa shape index (κ1) is 15.0. The lowest BCUT2D eigenvalue weighted by molar-refractivity contribution is -0.0684. The minimum Gasteiger partial charge on any atom is -0.373 e. The van der Waals surface area contributed by atoms with Crippen LogP contribution in [0.3, 0.4) is 0 Å². The van der Waals surface area contributed by atoms with Crippen molar-refractivity contribution in [1.82, 2.24) is 4.90 Å². The molecule has 0 spiro atoms. The lowest BCUT2D eigenvalue weighted by Gasteiger charge is -2.35. The van der Waals surface area contributed by atoms with Gasteiger partial charge in [-0.1, -0.05) is 28.1 Å². The lowest BCUT2D eigenvalue weighted by Crippen LogP contribution is -2.46. The van der Waals surface area contributed by atoms with Crippen LogP contribution in [0.1, 0.15) is 31.9 Å². The molecule has 1 unspecified atom stereocenters. The van der Waals surface area contributed by atoms with E-state index in [2.05, 4.69) is 46.8 Å². The van der Waals surface area contributed by atoms with Gasteiger partial charge in [-0.25, -0.2) is 0 Å². The fourth-order valence-electron chi connectivity index (χ4n) is 2.69. The van der Waals surface area contributed by atoms with Crippen LogP contribution in [0.2, 0.25) is 0 Å². The average molecular weight is 327 g/mol. The largest absolute Gasteiger partial charge is 0.373 e. The number of ether oxygens (including phenoxy) is 1. The monoisotopic (exact) mass is 326 g/mol. The number of rotatable bonds is 4. The van der Waals surface area contributed by atoms with E-state index < -0.39 is 0 Å². The van der Waals surface area contributed by atoms with E-state index in [4.69, 9.17) is 10.5 Å². The molecular weight excluding hydrogens is 304 g/mol. The highest BCUT2D eigenvalue weighted by molar-refractivity contribution is 9.10. The molecule has 19 heavy (non-hydrogen) atoms. The van der Waals surface area contributed by atoms with Crippen molar-refractivity contribution < 1.29 is 4.74 Å². The molecule has 1 aliphatic rings. The van der Waals surface area contributed by atoms with Gasteiger partial charge in [-0.15, -0.1) is 0 Å². The highest BCUT2D eigenvalue weighted by atomic mass is 79.9. The van der Waals surface area contributed by atoms with Gasteiger partial charge in [0.25, 0.3) is 0 Å². The molecule has 0 bridgehead atoms. The second-order valence-electron chi connectivity index (χ2n) is 5.47. The molecule has 0 aliphatic carbocycles. The smallest absolute Gasteiger partial charge is 0.0678 e. The van der Waals surface area contributed by atoms with Gasteiger partial charge >= 0.3 is 0 Å². The quantitative estimate of drug-likeness (QED) is 0.924.